The first-order chi connectivity index (χ1) is 12.0. The highest BCUT2D eigenvalue weighted by Gasteiger charge is 2.39. The maximum atomic E-state index is 12.6. The van der Waals surface area contributed by atoms with Crippen LogP contribution in [0.2, 0.25) is 0 Å². The number of nitrogens with zero attached hydrogens (tertiary/aromatic N) is 1. The number of benzene rings is 1. The van der Waals surface area contributed by atoms with Crippen molar-refractivity contribution in [2.45, 2.75) is 56.8 Å². The third-order valence-electron chi connectivity index (χ3n) is 5.29. The Bertz CT molecular complexity index is 748. The van der Waals surface area contributed by atoms with Gasteiger partial charge in [0.2, 0.25) is 11.8 Å². The molecule has 0 radical (unpaired) electrons. The fourth-order valence-corrected chi connectivity index (χ4v) is 3.90. The van der Waals surface area contributed by atoms with Crippen LogP contribution in [-0.2, 0) is 16.1 Å². The van der Waals surface area contributed by atoms with Crippen molar-refractivity contribution in [3.8, 4) is 5.75 Å². The third kappa shape index (κ3) is 2.89. The monoisotopic (exact) mass is 343 g/mol. The zero-order chi connectivity index (χ0) is 17.6. The maximum Gasteiger partial charge on any atom is 0.255 e. The van der Waals surface area contributed by atoms with Crippen LogP contribution in [0.5, 0.6) is 5.75 Å². The van der Waals surface area contributed by atoms with Gasteiger partial charge in [0.25, 0.3) is 5.91 Å². The van der Waals surface area contributed by atoms with Crippen LogP contribution in [0.3, 0.4) is 0 Å². The van der Waals surface area contributed by atoms with E-state index in [-0.39, 0.29) is 30.4 Å². The minimum absolute atomic E-state index is 0.0152. The molecule has 4 rings (SSSR count). The van der Waals surface area contributed by atoms with E-state index in [4.69, 9.17) is 10.5 Å². The maximum absolute atomic E-state index is 12.6. The van der Waals surface area contributed by atoms with Crippen LogP contribution >= 0.6 is 0 Å². The number of piperidine rings is 1. The van der Waals surface area contributed by atoms with E-state index in [1.807, 2.05) is 6.07 Å². The summed E-state index contributed by atoms with van der Waals surface area (Å²) in [5, 5.41) is 2.31. The molecule has 7 nitrogen and oxygen atoms in total. The van der Waals surface area contributed by atoms with Crippen molar-refractivity contribution < 1.29 is 19.1 Å². The molecule has 1 saturated carbocycles. The first-order valence-corrected chi connectivity index (χ1v) is 8.73. The molecule has 3 N–H and O–H groups in total. The Hall–Kier alpha value is -2.41. The van der Waals surface area contributed by atoms with E-state index in [2.05, 4.69) is 5.32 Å². The molecule has 0 aromatic heterocycles. The molecule has 3 amide bonds. The largest absolute Gasteiger partial charge is 0.489 e. The van der Waals surface area contributed by atoms with Gasteiger partial charge >= 0.3 is 0 Å². The summed E-state index contributed by atoms with van der Waals surface area (Å²) >= 11 is 0. The SMILES string of the molecule is N[C@@H]1CCC[C@@H]1Oc1ccc2c(c1)CN(C1CCC(=O)NC1=O)C2=O. The quantitative estimate of drug-likeness (QED) is 0.787. The normalized spacial score (nSPS) is 28.9. The summed E-state index contributed by atoms with van der Waals surface area (Å²) in [7, 11) is 0. The van der Waals surface area contributed by atoms with Crippen molar-refractivity contribution in [3.05, 3.63) is 29.3 Å². The number of hydrogen-bond acceptors (Lipinski definition) is 5. The Morgan fingerprint density at radius 2 is 2.00 bits per heavy atom. The fraction of sp³-hybridized carbons (Fsp3) is 0.500. The zero-order valence-corrected chi connectivity index (χ0v) is 13.9. The second-order valence-electron chi connectivity index (χ2n) is 6.97. The van der Waals surface area contributed by atoms with E-state index in [1.165, 1.54) is 4.90 Å². The summed E-state index contributed by atoms with van der Waals surface area (Å²) in [6.45, 7) is 0.356. The molecule has 3 aliphatic rings. The number of imide groups is 1. The van der Waals surface area contributed by atoms with E-state index >= 15 is 0 Å². The lowest BCUT2D eigenvalue weighted by atomic mass is 10.0. The molecule has 2 aliphatic heterocycles. The van der Waals surface area contributed by atoms with Gasteiger partial charge in [-0.05, 0) is 49.4 Å². The van der Waals surface area contributed by atoms with E-state index in [1.54, 1.807) is 12.1 Å². The van der Waals surface area contributed by atoms with Gasteiger partial charge in [-0.3, -0.25) is 19.7 Å². The van der Waals surface area contributed by atoms with Crippen LogP contribution in [0.15, 0.2) is 18.2 Å². The van der Waals surface area contributed by atoms with Gasteiger partial charge in [0.05, 0.1) is 0 Å². The number of nitrogens with two attached hydrogens (primary N) is 1. The Labute approximate surface area is 145 Å². The van der Waals surface area contributed by atoms with Crippen LogP contribution in [0, 0.1) is 0 Å². The topological polar surface area (TPSA) is 102 Å². The third-order valence-corrected chi connectivity index (χ3v) is 5.29. The van der Waals surface area contributed by atoms with Crippen molar-refractivity contribution in [2.75, 3.05) is 0 Å². The smallest absolute Gasteiger partial charge is 0.255 e. The van der Waals surface area contributed by atoms with Crippen molar-refractivity contribution in [1.82, 2.24) is 10.2 Å². The highest BCUT2D eigenvalue weighted by Crippen LogP contribution is 2.31. The molecule has 0 spiro atoms. The molecule has 1 aliphatic carbocycles. The Morgan fingerprint density at radius 1 is 1.16 bits per heavy atom. The first kappa shape index (κ1) is 16.1. The summed E-state index contributed by atoms with van der Waals surface area (Å²) < 4.78 is 5.99. The lowest BCUT2D eigenvalue weighted by molar-refractivity contribution is -0.136. The predicted molar refractivity (Wildman–Crippen MR) is 88.7 cm³/mol. The van der Waals surface area contributed by atoms with E-state index in [0.29, 0.717) is 24.3 Å². The second kappa shape index (κ2) is 6.15. The molecule has 3 atom stereocenters. The summed E-state index contributed by atoms with van der Waals surface area (Å²) in [4.78, 5) is 37.5. The van der Waals surface area contributed by atoms with Crippen molar-refractivity contribution in [1.29, 1.82) is 0 Å². The molecule has 2 heterocycles. The second-order valence-corrected chi connectivity index (χ2v) is 6.97. The number of carbonyl (C=O) groups excluding carboxylic acids is 3. The van der Waals surface area contributed by atoms with Crippen LogP contribution in [-0.4, -0.2) is 40.8 Å². The highest BCUT2D eigenvalue weighted by atomic mass is 16.5. The van der Waals surface area contributed by atoms with Crippen LogP contribution < -0.4 is 15.8 Å². The van der Waals surface area contributed by atoms with Gasteiger partial charge in [0.15, 0.2) is 0 Å². The molecule has 1 aromatic rings. The average molecular weight is 343 g/mol. The van der Waals surface area contributed by atoms with Gasteiger partial charge in [0, 0.05) is 24.6 Å². The standard InChI is InChI=1S/C18H21N3O4/c19-13-2-1-3-15(13)25-11-4-5-12-10(8-11)9-21(18(12)24)14-6-7-16(22)20-17(14)23/h4-5,8,13-15H,1-3,6-7,9,19H2,(H,20,22,23)/t13-,14?,15+/m1/s1. The molecule has 1 aromatic carbocycles. The van der Waals surface area contributed by atoms with Crippen LogP contribution in [0.4, 0.5) is 0 Å². The van der Waals surface area contributed by atoms with Gasteiger partial charge < -0.3 is 15.4 Å². The lowest BCUT2D eigenvalue weighted by Gasteiger charge is -2.29. The molecule has 7 heteroatoms. The van der Waals surface area contributed by atoms with Crippen molar-refractivity contribution in [2.24, 2.45) is 5.73 Å². The van der Waals surface area contributed by atoms with Gasteiger partial charge in [-0.25, -0.2) is 0 Å². The Balaban J connectivity index is 1.51. The molecular weight excluding hydrogens is 322 g/mol. The number of rotatable bonds is 3. The Kier molecular flexibility index (Phi) is 3.95. The minimum Gasteiger partial charge on any atom is -0.489 e. The first-order valence-electron chi connectivity index (χ1n) is 8.73. The lowest BCUT2D eigenvalue weighted by Crippen LogP contribution is -2.52. The summed E-state index contributed by atoms with van der Waals surface area (Å²) in [6.07, 6.45) is 3.62. The molecule has 0 bridgehead atoms. The molecule has 2 fully saturated rings. The van der Waals surface area contributed by atoms with E-state index in [9.17, 15) is 14.4 Å². The van der Waals surface area contributed by atoms with Gasteiger partial charge in [0.1, 0.15) is 17.9 Å². The Morgan fingerprint density at radius 3 is 2.72 bits per heavy atom. The minimum atomic E-state index is -0.592. The number of carbonyl (C=O) groups is 3. The predicted octanol–water partition coefficient (Wildman–Crippen LogP) is 0.706. The highest BCUT2D eigenvalue weighted by molar-refractivity contribution is 6.05. The van der Waals surface area contributed by atoms with Crippen LogP contribution in [0.1, 0.15) is 48.0 Å². The summed E-state index contributed by atoms with van der Waals surface area (Å²) in [6, 6.07) is 4.86. The van der Waals surface area contributed by atoms with Gasteiger partial charge in [-0.15, -0.1) is 0 Å². The number of fused-ring (bicyclic) bond motifs is 1. The van der Waals surface area contributed by atoms with Crippen LogP contribution in [0.25, 0.3) is 0 Å². The molecule has 25 heavy (non-hydrogen) atoms. The van der Waals surface area contributed by atoms with E-state index < -0.39 is 11.9 Å². The summed E-state index contributed by atoms with van der Waals surface area (Å²) in [5.41, 5.74) is 7.49. The fourth-order valence-electron chi connectivity index (χ4n) is 3.90. The average Bonchev–Trinajstić information content (AvgIpc) is 3.12. The molecule has 132 valence electrons. The van der Waals surface area contributed by atoms with E-state index in [0.717, 1.165) is 24.8 Å². The number of amides is 3. The molecule has 1 saturated heterocycles. The molecule has 1 unspecified atom stereocenters. The van der Waals surface area contributed by atoms with Gasteiger partial charge in [-0.1, -0.05) is 0 Å². The zero-order valence-electron chi connectivity index (χ0n) is 13.9. The molecular formula is C18H21N3O4. The number of hydrogen-bond donors (Lipinski definition) is 2. The van der Waals surface area contributed by atoms with Crippen molar-refractivity contribution >= 4 is 17.7 Å². The van der Waals surface area contributed by atoms with Crippen molar-refractivity contribution in [3.63, 3.8) is 0 Å². The number of nitrogens with one attached hydrogen (secondary N) is 1. The number of ether oxygens (including phenoxy) is 1. The summed E-state index contributed by atoms with van der Waals surface area (Å²) in [5.74, 6) is -0.146. The van der Waals surface area contributed by atoms with Gasteiger partial charge in [-0.2, -0.15) is 0 Å².